The fraction of sp³-hybridized carbons (Fsp3) is 0.400. The summed E-state index contributed by atoms with van der Waals surface area (Å²) >= 11 is 1.68. The number of halogens is 3. The average molecular weight is 316 g/mol. The van der Waals surface area contributed by atoms with E-state index in [2.05, 4.69) is 0 Å². The Morgan fingerprint density at radius 2 is 1.71 bits per heavy atom. The summed E-state index contributed by atoms with van der Waals surface area (Å²) in [6.45, 7) is 2.02. The molecule has 0 aliphatic carbocycles. The number of hydrogen-bond donors (Lipinski definition) is 0. The summed E-state index contributed by atoms with van der Waals surface area (Å²) in [7, 11) is 0. The van der Waals surface area contributed by atoms with E-state index in [1.54, 1.807) is 34.4 Å². The molecule has 1 atom stereocenters. The number of benzene rings is 1. The van der Waals surface area contributed by atoms with Crippen molar-refractivity contribution in [1.29, 1.82) is 0 Å². The van der Waals surface area contributed by atoms with E-state index in [4.69, 9.17) is 0 Å². The number of hydrogen-bond acceptors (Lipinski definition) is 0. The molecular weight excluding hydrogens is 305 g/mol. The van der Waals surface area contributed by atoms with Crippen molar-refractivity contribution in [3.05, 3.63) is 35.4 Å². The molecule has 4 heteroatoms. The van der Waals surface area contributed by atoms with Gasteiger partial charge in [-0.1, -0.05) is 0 Å². The van der Waals surface area contributed by atoms with E-state index < -0.39 is 11.7 Å². The van der Waals surface area contributed by atoms with Crippen molar-refractivity contribution in [3.8, 4) is 0 Å². The maximum atomic E-state index is 12.2. The molecule has 1 aromatic carbocycles. The van der Waals surface area contributed by atoms with Crippen LogP contribution in [0.15, 0.2) is 24.3 Å². The monoisotopic (exact) mass is 318 g/mol. The van der Waals surface area contributed by atoms with Gasteiger partial charge < -0.3 is 0 Å². The molecule has 0 nitrogen and oxygen atoms in total. The zero-order valence-corrected chi connectivity index (χ0v) is 10.2. The standard InChI is InChI=1S/C10H11F3Te/c1-7(6-14)8-2-4-9(5-3-8)10(11,12)13/h2-5,7,14H,6H2,1H3. The molecule has 0 saturated carbocycles. The van der Waals surface area contributed by atoms with E-state index in [9.17, 15) is 13.2 Å². The van der Waals surface area contributed by atoms with Gasteiger partial charge in [-0.25, -0.2) is 0 Å². The minimum atomic E-state index is -4.23. The third-order valence-corrected chi connectivity index (χ3v) is 3.64. The molecule has 0 bridgehead atoms. The van der Waals surface area contributed by atoms with Crippen molar-refractivity contribution < 1.29 is 13.2 Å². The molecule has 0 aromatic heterocycles. The van der Waals surface area contributed by atoms with Crippen LogP contribution >= 0.6 is 0 Å². The molecular formula is C10H11F3Te. The number of rotatable bonds is 2. The molecule has 1 aromatic rings. The molecule has 0 fully saturated rings. The Kier molecular flexibility index (Phi) is 3.85. The van der Waals surface area contributed by atoms with Gasteiger partial charge in [0.2, 0.25) is 0 Å². The molecule has 14 heavy (non-hydrogen) atoms. The van der Waals surface area contributed by atoms with E-state index in [1.807, 2.05) is 6.92 Å². The van der Waals surface area contributed by atoms with Crippen LogP contribution in [0.4, 0.5) is 13.2 Å². The van der Waals surface area contributed by atoms with E-state index in [-0.39, 0.29) is 0 Å². The van der Waals surface area contributed by atoms with Gasteiger partial charge in [-0.3, -0.25) is 0 Å². The maximum absolute atomic E-state index is 12.2. The zero-order valence-electron chi connectivity index (χ0n) is 7.67. The minimum absolute atomic E-state index is 0.339. The summed E-state index contributed by atoms with van der Waals surface area (Å²) in [4.78, 5) is 0. The van der Waals surface area contributed by atoms with E-state index in [0.717, 1.165) is 22.2 Å². The van der Waals surface area contributed by atoms with Crippen LogP contribution in [-0.4, -0.2) is 22.3 Å². The molecule has 1 rings (SSSR count). The third kappa shape index (κ3) is 2.90. The third-order valence-electron chi connectivity index (χ3n) is 2.08. The fourth-order valence-corrected chi connectivity index (χ4v) is 1.71. The van der Waals surface area contributed by atoms with Gasteiger partial charge in [0.1, 0.15) is 0 Å². The van der Waals surface area contributed by atoms with E-state index >= 15 is 0 Å². The summed E-state index contributed by atoms with van der Waals surface area (Å²) < 4.78 is 37.6. The molecule has 78 valence electrons. The molecule has 0 radical (unpaired) electrons. The van der Waals surface area contributed by atoms with Crippen LogP contribution in [0, 0.1) is 0 Å². The van der Waals surface area contributed by atoms with Gasteiger partial charge in [0.05, 0.1) is 0 Å². The van der Waals surface area contributed by atoms with Crippen LogP contribution in [0.1, 0.15) is 24.0 Å². The quantitative estimate of drug-likeness (QED) is 0.736. The summed E-state index contributed by atoms with van der Waals surface area (Å²) in [6, 6.07) is 5.41. The van der Waals surface area contributed by atoms with Crippen molar-refractivity contribution in [2.75, 3.05) is 0 Å². The van der Waals surface area contributed by atoms with Gasteiger partial charge >= 0.3 is 94.3 Å². The molecule has 0 aliphatic heterocycles. The fourth-order valence-electron chi connectivity index (χ4n) is 1.11. The van der Waals surface area contributed by atoms with Gasteiger partial charge in [0.25, 0.3) is 0 Å². The Bertz CT molecular complexity index is 289. The first-order valence-corrected chi connectivity index (χ1v) is 6.03. The molecule has 1 unspecified atom stereocenters. The molecule has 0 amide bonds. The second-order valence-electron chi connectivity index (χ2n) is 3.20. The van der Waals surface area contributed by atoms with Crippen molar-refractivity contribution in [1.82, 2.24) is 0 Å². The first-order chi connectivity index (χ1) is 6.45. The van der Waals surface area contributed by atoms with Crippen LogP contribution in [0.2, 0.25) is 4.47 Å². The van der Waals surface area contributed by atoms with Crippen LogP contribution in [0.5, 0.6) is 0 Å². The van der Waals surface area contributed by atoms with Gasteiger partial charge in [-0.2, -0.15) is 0 Å². The van der Waals surface area contributed by atoms with E-state index in [1.165, 1.54) is 0 Å². The normalized spacial score (nSPS) is 14.1. The Hall–Kier alpha value is -0.200. The predicted octanol–water partition coefficient (Wildman–Crippen LogP) is 3.13. The SMILES string of the molecule is CC(C[TeH])c1ccc(C(F)(F)F)cc1. The Balaban J connectivity index is 2.89. The van der Waals surface area contributed by atoms with Gasteiger partial charge in [0, 0.05) is 0 Å². The molecule has 0 saturated heterocycles. The van der Waals surface area contributed by atoms with Gasteiger partial charge in [0.15, 0.2) is 0 Å². The molecule has 0 N–H and O–H groups in total. The van der Waals surface area contributed by atoms with Crippen LogP contribution in [0.3, 0.4) is 0 Å². The summed E-state index contributed by atoms with van der Waals surface area (Å²) in [5, 5.41) is 0. The van der Waals surface area contributed by atoms with Crippen molar-refractivity contribution in [2.24, 2.45) is 0 Å². The Labute approximate surface area is 94.4 Å². The van der Waals surface area contributed by atoms with Crippen LogP contribution in [-0.2, 0) is 6.18 Å². The molecule has 0 heterocycles. The molecule has 0 aliphatic rings. The van der Waals surface area contributed by atoms with Crippen molar-refractivity contribution >= 4 is 22.3 Å². The zero-order chi connectivity index (χ0) is 10.8. The first-order valence-electron chi connectivity index (χ1n) is 4.23. The second-order valence-corrected chi connectivity index (χ2v) is 4.25. The topological polar surface area (TPSA) is 0 Å². The Morgan fingerprint density at radius 1 is 1.21 bits per heavy atom. The van der Waals surface area contributed by atoms with Crippen molar-refractivity contribution in [2.45, 2.75) is 23.5 Å². The second kappa shape index (κ2) is 4.55. The summed E-state index contributed by atoms with van der Waals surface area (Å²) in [6.07, 6.45) is -4.23. The predicted molar refractivity (Wildman–Crippen MR) is 51.8 cm³/mol. The molecule has 0 spiro atoms. The van der Waals surface area contributed by atoms with Crippen molar-refractivity contribution in [3.63, 3.8) is 0 Å². The van der Waals surface area contributed by atoms with Crippen LogP contribution in [0.25, 0.3) is 0 Å². The summed E-state index contributed by atoms with van der Waals surface area (Å²) in [5.74, 6) is 0.339. The number of alkyl halides is 3. The first kappa shape index (κ1) is 11.9. The average Bonchev–Trinajstić information content (AvgIpc) is 2.15. The van der Waals surface area contributed by atoms with Gasteiger partial charge in [-0.05, 0) is 0 Å². The summed E-state index contributed by atoms with van der Waals surface area (Å²) in [5.41, 5.74) is 0.396. The Morgan fingerprint density at radius 3 is 2.07 bits per heavy atom. The van der Waals surface area contributed by atoms with E-state index in [0.29, 0.717) is 5.92 Å². The van der Waals surface area contributed by atoms with Gasteiger partial charge in [-0.15, -0.1) is 0 Å². The van der Waals surface area contributed by atoms with Crippen LogP contribution < -0.4 is 0 Å².